The lowest BCUT2D eigenvalue weighted by atomic mass is 9.96. The maximum absolute atomic E-state index is 13.1. The zero-order chi connectivity index (χ0) is 22.1. The lowest BCUT2D eigenvalue weighted by molar-refractivity contribution is -0.121. The first-order valence-corrected chi connectivity index (χ1v) is 11.8. The van der Waals surface area contributed by atoms with Gasteiger partial charge in [0.15, 0.2) is 0 Å². The Hall–Kier alpha value is -2.82. The van der Waals surface area contributed by atoms with Crippen LogP contribution in [0.2, 0.25) is 5.02 Å². The van der Waals surface area contributed by atoms with Crippen LogP contribution in [0.3, 0.4) is 0 Å². The summed E-state index contributed by atoms with van der Waals surface area (Å²) in [6.07, 6.45) is 1.94. The first kappa shape index (κ1) is 21.0. The molecule has 1 N–H and O–H groups in total. The van der Waals surface area contributed by atoms with Gasteiger partial charge in [0.05, 0.1) is 5.92 Å². The molecule has 1 saturated heterocycles. The minimum atomic E-state index is -0.0149. The molecule has 0 bridgehead atoms. The number of carbonyl (C=O) groups excluding carboxylic acids is 1. The van der Waals surface area contributed by atoms with Gasteiger partial charge in [-0.25, -0.2) is 0 Å². The van der Waals surface area contributed by atoms with Crippen LogP contribution in [0, 0.1) is 5.92 Å². The Kier molecular flexibility index (Phi) is 5.90. The number of nitrogens with one attached hydrogen (secondary N) is 1. The van der Waals surface area contributed by atoms with E-state index in [0.717, 1.165) is 55.3 Å². The van der Waals surface area contributed by atoms with Crippen molar-refractivity contribution < 1.29 is 4.79 Å². The topological polar surface area (TPSA) is 37.3 Å². The second kappa shape index (κ2) is 8.97. The Morgan fingerprint density at radius 1 is 1.03 bits per heavy atom. The van der Waals surface area contributed by atoms with Crippen LogP contribution in [-0.2, 0) is 17.9 Å². The third kappa shape index (κ3) is 4.01. The zero-order valence-electron chi connectivity index (χ0n) is 18.4. The third-order valence-electron chi connectivity index (χ3n) is 6.58. The number of anilines is 1. The van der Waals surface area contributed by atoms with Gasteiger partial charge in [-0.3, -0.25) is 9.69 Å². The molecule has 3 aromatic carbocycles. The first-order chi connectivity index (χ1) is 15.6. The molecule has 0 aliphatic carbocycles. The fraction of sp³-hybridized carbons (Fsp3) is 0.296. The Morgan fingerprint density at radius 3 is 2.66 bits per heavy atom. The normalized spacial score (nSPS) is 17.1. The van der Waals surface area contributed by atoms with Crippen molar-refractivity contribution in [2.24, 2.45) is 5.92 Å². The molecular weight excluding hydrogens is 418 g/mol. The number of amides is 1. The predicted molar refractivity (Wildman–Crippen MR) is 133 cm³/mol. The lowest BCUT2D eigenvalue weighted by Gasteiger charge is -2.32. The molecule has 2 heterocycles. The molecule has 5 rings (SSSR count). The highest BCUT2D eigenvalue weighted by Crippen LogP contribution is 2.31. The summed E-state index contributed by atoms with van der Waals surface area (Å²) in [4.78, 5) is 15.5. The molecule has 0 radical (unpaired) electrons. The fourth-order valence-electron chi connectivity index (χ4n) is 5.00. The second-order valence-electron chi connectivity index (χ2n) is 8.65. The maximum Gasteiger partial charge on any atom is 0.228 e. The van der Waals surface area contributed by atoms with Crippen LogP contribution in [0.15, 0.2) is 66.7 Å². The van der Waals surface area contributed by atoms with E-state index in [9.17, 15) is 4.79 Å². The quantitative estimate of drug-likeness (QED) is 0.390. The van der Waals surface area contributed by atoms with Crippen LogP contribution in [0.4, 0.5) is 5.69 Å². The second-order valence-corrected chi connectivity index (χ2v) is 9.06. The molecule has 5 heteroatoms. The summed E-state index contributed by atoms with van der Waals surface area (Å²) in [7, 11) is 0. The van der Waals surface area contributed by atoms with Crippen molar-refractivity contribution in [3.63, 3.8) is 0 Å². The molecule has 32 heavy (non-hydrogen) atoms. The molecule has 4 aromatic rings. The van der Waals surface area contributed by atoms with Gasteiger partial charge in [0, 0.05) is 52.2 Å². The van der Waals surface area contributed by atoms with E-state index >= 15 is 0 Å². The van der Waals surface area contributed by atoms with Crippen LogP contribution in [-0.4, -0.2) is 28.5 Å². The van der Waals surface area contributed by atoms with E-state index in [4.69, 9.17) is 11.6 Å². The van der Waals surface area contributed by atoms with E-state index in [2.05, 4.69) is 64.2 Å². The molecule has 0 spiro atoms. The summed E-state index contributed by atoms with van der Waals surface area (Å²) in [6, 6.07) is 22.7. The highest BCUT2D eigenvalue weighted by molar-refractivity contribution is 6.31. The molecule has 1 atom stereocenters. The minimum absolute atomic E-state index is 0.0149. The molecule has 4 nitrogen and oxygen atoms in total. The van der Waals surface area contributed by atoms with Crippen LogP contribution in [0.25, 0.3) is 21.8 Å². The van der Waals surface area contributed by atoms with E-state index in [1.807, 2.05) is 24.3 Å². The highest BCUT2D eigenvalue weighted by atomic mass is 35.5. The molecule has 1 aliphatic heterocycles. The number of hydrogen-bond acceptors (Lipinski definition) is 2. The average molecular weight is 446 g/mol. The van der Waals surface area contributed by atoms with Crippen LogP contribution in [0.1, 0.15) is 25.3 Å². The van der Waals surface area contributed by atoms with Gasteiger partial charge in [-0.1, -0.05) is 48.0 Å². The van der Waals surface area contributed by atoms with Crippen LogP contribution >= 0.6 is 11.6 Å². The summed E-state index contributed by atoms with van der Waals surface area (Å²) < 4.78 is 2.32. The van der Waals surface area contributed by atoms with Crippen LogP contribution in [0.5, 0.6) is 0 Å². The largest absolute Gasteiger partial charge is 0.341 e. The van der Waals surface area contributed by atoms with E-state index in [0.29, 0.717) is 0 Å². The first-order valence-electron chi connectivity index (χ1n) is 11.4. The SMILES string of the molecule is CCn1c2ccccc2c2cc(NC(=O)[C@H]3CCCN(Cc4ccccc4Cl)C3)ccc21. The number of halogens is 1. The van der Waals surface area contributed by atoms with E-state index in [1.165, 1.54) is 21.8 Å². The number of carbonyl (C=O) groups is 1. The summed E-state index contributed by atoms with van der Waals surface area (Å²) >= 11 is 6.34. The van der Waals surface area contributed by atoms with Gasteiger partial charge in [-0.2, -0.15) is 0 Å². The Bertz CT molecular complexity index is 1280. The van der Waals surface area contributed by atoms with Crippen molar-refractivity contribution in [3.8, 4) is 0 Å². The Labute approximate surface area is 193 Å². The van der Waals surface area contributed by atoms with Gasteiger partial charge in [0.1, 0.15) is 0 Å². The molecule has 164 valence electrons. The van der Waals surface area contributed by atoms with Crippen molar-refractivity contribution >= 4 is 45.0 Å². The number of rotatable bonds is 5. The summed E-state index contributed by atoms with van der Waals surface area (Å²) in [6.45, 7) is 5.62. The summed E-state index contributed by atoms with van der Waals surface area (Å²) in [5.41, 5.74) is 4.42. The van der Waals surface area contributed by atoms with E-state index in [-0.39, 0.29) is 11.8 Å². The molecule has 1 aromatic heterocycles. The molecular formula is C27H28ClN3O. The summed E-state index contributed by atoms with van der Waals surface area (Å²) in [5.74, 6) is 0.0892. The molecule has 1 fully saturated rings. The number of para-hydroxylation sites is 1. The van der Waals surface area contributed by atoms with Gasteiger partial charge in [-0.15, -0.1) is 0 Å². The van der Waals surface area contributed by atoms with E-state index in [1.54, 1.807) is 0 Å². The number of nitrogens with zero attached hydrogens (tertiary/aromatic N) is 2. The van der Waals surface area contributed by atoms with Crippen molar-refractivity contribution in [2.75, 3.05) is 18.4 Å². The number of likely N-dealkylation sites (tertiary alicyclic amines) is 1. The Balaban J connectivity index is 1.33. The van der Waals surface area contributed by atoms with E-state index < -0.39 is 0 Å². The van der Waals surface area contributed by atoms with Crippen molar-refractivity contribution in [3.05, 3.63) is 77.3 Å². The number of piperidine rings is 1. The predicted octanol–water partition coefficient (Wildman–Crippen LogP) is 6.32. The smallest absolute Gasteiger partial charge is 0.228 e. The zero-order valence-corrected chi connectivity index (χ0v) is 19.1. The lowest BCUT2D eigenvalue weighted by Crippen LogP contribution is -2.40. The standard InChI is InChI=1S/C27H28ClN3O/c1-2-31-25-12-6-4-10-22(25)23-16-21(13-14-26(23)31)29-27(32)20-9-7-15-30(18-20)17-19-8-3-5-11-24(19)28/h3-6,8,10-14,16,20H,2,7,9,15,17-18H2,1H3,(H,29,32)/t20-/m0/s1. The van der Waals surface area contributed by atoms with Gasteiger partial charge in [-0.05, 0) is 62.2 Å². The van der Waals surface area contributed by atoms with Gasteiger partial charge in [0.2, 0.25) is 5.91 Å². The molecule has 0 saturated carbocycles. The number of benzene rings is 3. The molecule has 1 amide bonds. The van der Waals surface area contributed by atoms with Crippen molar-refractivity contribution in [1.29, 1.82) is 0 Å². The minimum Gasteiger partial charge on any atom is -0.341 e. The summed E-state index contributed by atoms with van der Waals surface area (Å²) in [5, 5.41) is 6.39. The monoisotopic (exact) mass is 445 g/mol. The van der Waals surface area contributed by atoms with Gasteiger partial charge < -0.3 is 9.88 Å². The van der Waals surface area contributed by atoms with Crippen LogP contribution < -0.4 is 5.32 Å². The van der Waals surface area contributed by atoms with Gasteiger partial charge in [0.25, 0.3) is 0 Å². The number of aromatic nitrogens is 1. The highest BCUT2D eigenvalue weighted by Gasteiger charge is 2.26. The Morgan fingerprint density at radius 2 is 1.81 bits per heavy atom. The third-order valence-corrected chi connectivity index (χ3v) is 6.95. The van der Waals surface area contributed by atoms with Crippen molar-refractivity contribution in [1.82, 2.24) is 9.47 Å². The molecule has 0 unspecified atom stereocenters. The molecule has 1 aliphatic rings. The average Bonchev–Trinajstić information content (AvgIpc) is 3.14. The number of fused-ring (bicyclic) bond motifs is 3. The number of aryl methyl sites for hydroxylation is 1. The van der Waals surface area contributed by atoms with Crippen molar-refractivity contribution in [2.45, 2.75) is 32.9 Å². The van der Waals surface area contributed by atoms with Gasteiger partial charge >= 0.3 is 0 Å². The number of hydrogen-bond donors (Lipinski definition) is 1. The maximum atomic E-state index is 13.1. The fourth-order valence-corrected chi connectivity index (χ4v) is 5.19.